The first-order valence-electron chi connectivity index (χ1n) is 10.4. The fraction of sp³-hybridized carbons (Fsp3) is 0.667. The van der Waals surface area contributed by atoms with Crippen LogP contribution in [0.25, 0.3) is 0 Å². The summed E-state index contributed by atoms with van der Waals surface area (Å²) in [6.07, 6.45) is 3.73. The molecule has 7 heteroatoms. The second-order valence-electron chi connectivity index (χ2n) is 8.36. The van der Waals surface area contributed by atoms with Gasteiger partial charge in [0.25, 0.3) is 0 Å². The number of likely N-dealkylation sites (tertiary alicyclic amines) is 1. The molecule has 2 aliphatic rings. The number of sulfonamides is 1. The molecule has 0 saturated carbocycles. The lowest BCUT2D eigenvalue weighted by Gasteiger charge is -2.45. The third-order valence-corrected chi connectivity index (χ3v) is 7.63. The summed E-state index contributed by atoms with van der Waals surface area (Å²) in [6.45, 7) is 9.30. The van der Waals surface area contributed by atoms with E-state index in [-0.39, 0.29) is 11.8 Å². The van der Waals surface area contributed by atoms with E-state index >= 15 is 0 Å². The molecule has 0 bridgehead atoms. The maximum absolute atomic E-state index is 13.3. The van der Waals surface area contributed by atoms with Gasteiger partial charge in [-0.1, -0.05) is 38.0 Å². The monoisotopic (exact) mass is 407 g/mol. The Labute approximate surface area is 169 Å². The van der Waals surface area contributed by atoms with Crippen molar-refractivity contribution in [1.82, 2.24) is 14.1 Å². The van der Waals surface area contributed by atoms with Gasteiger partial charge in [-0.05, 0) is 57.3 Å². The third-order valence-electron chi connectivity index (χ3n) is 5.74. The topological polar surface area (TPSA) is 60.9 Å². The molecule has 1 atom stereocenters. The maximum atomic E-state index is 13.3. The number of rotatable bonds is 5. The number of hydrogen-bond donors (Lipinski definition) is 0. The molecule has 0 radical (unpaired) electrons. The average molecular weight is 408 g/mol. The van der Waals surface area contributed by atoms with Crippen molar-refractivity contribution in [2.24, 2.45) is 5.92 Å². The smallest absolute Gasteiger partial charge is 0.244 e. The van der Waals surface area contributed by atoms with Gasteiger partial charge in [-0.15, -0.1) is 0 Å². The van der Waals surface area contributed by atoms with Gasteiger partial charge in [-0.3, -0.25) is 9.69 Å². The number of aryl methyl sites for hydroxylation is 1. The lowest BCUT2D eigenvalue weighted by molar-refractivity contribution is -0.141. The zero-order chi connectivity index (χ0) is 20.3. The highest BCUT2D eigenvalue weighted by Crippen LogP contribution is 2.28. The number of carbonyl (C=O) groups excluding carboxylic acids is 1. The molecule has 0 spiro atoms. The molecule has 2 heterocycles. The van der Waals surface area contributed by atoms with E-state index < -0.39 is 16.2 Å². The van der Waals surface area contributed by atoms with E-state index in [2.05, 4.69) is 4.90 Å². The van der Waals surface area contributed by atoms with Crippen molar-refractivity contribution in [2.75, 3.05) is 32.7 Å². The predicted molar refractivity (Wildman–Crippen MR) is 110 cm³/mol. The molecule has 0 N–H and O–H groups in total. The quantitative estimate of drug-likeness (QED) is 0.753. The molecule has 28 heavy (non-hydrogen) atoms. The van der Waals surface area contributed by atoms with E-state index in [1.54, 1.807) is 21.3 Å². The van der Waals surface area contributed by atoms with Crippen LogP contribution in [0.3, 0.4) is 0 Å². The second kappa shape index (κ2) is 8.93. The Morgan fingerprint density at radius 1 is 1.00 bits per heavy atom. The van der Waals surface area contributed by atoms with Crippen molar-refractivity contribution in [2.45, 2.75) is 57.5 Å². The minimum atomic E-state index is -3.65. The number of piperidine rings is 1. The molecule has 2 fully saturated rings. The van der Waals surface area contributed by atoms with Gasteiger partial charge in [0.15, 0.2) is 0 Å². The van der Waals surface area contributed by atoms with Gasteiger partial charge in [0, 0.05) is 13.1 Å². The molecule has 3 rings (SSSR count). The first-order valence-corrected chi connectivity index (χ1v) is 11.8. The van der Waals surface area contributed by atoms with Crippen LogP contribution >= 0.6 is 0 Å². The van der Waals surface area contributed by atoms with Gasteiger partial charge in [0.2, 0.25) is 15.9 Å². The highest BCUT2D eigenvalue weighted by molar-refractivity contribution is 7.89. The molecule has 6 nitrogen and oxygen atoms in total. The van der Waals surface area contributed by atoms with Gasteiger partial charge < -0.3 is 4.90 Å². The molecule has 2 saturated heterocycles. The van der Waals surface area contributed by atoms with Gasteiger partial charge >= 0.3 is 0 Å². The number of hydrogen-bond acceptors (Lipinski definition) is 4. The summed E-state index contributed by atoms with van der Waals surface area (Å²) < 4.78 is 28.2. The van der Waals surface area contributed by atoms with Crippen molar-refractivity contribution in [3.8, 4) is 0 Å². The molecular formula is C21H33N3O3S. The van der Waals surface area contributed by atoms with Gasteiger partial charge in [-0.25, -0.2) is 8.42 Å². The fourth-order valence-corrected chi connectivity index (χ4v) is 6.05. The summed E-state index contributed by atoms with van der Waals surface area (Å²) in [4.78, 5) is 17.4. The molecular weight excluding hydrogens is 374 g/mol. The summed E-state index contributed by atoms with van der Waals surface area (Å²) in [5, 5.41) is 0. The van der Waals surface area contributed by atoms with E-state index in [1.807, 2.05) is 32.9 Å². The van der Waals surface area contributed by atoms with Crippen molar-refractivity contribution >= 4 is 15.9 Å². The minimum Gasteiger partial charge on any atom is -0.325 e. The van der Waals surface area contributed by atoms with Crippen molar-refractivity contribution in [1.29, 1.82) is 0 Å². The lowest BCUT2D eigenvalue weighted by atomic mass is 10.1. The maximum Gasteiger partial charge on any atom is 0.244 e. The van der Waals surface area contributed by atoms with Crippen molar-refractivity contribution in [3.05, 3.63) is 29.8 Å². The zero-order valence-electron chi connectivity index (χ0n) is 17.3. The minimum absolute atomic E-state index is 0.0193. The predicted octanol–water partition coefficient (Wildman–Crippen LogP) is 2.69. The zero-order valence-corrected chi connectivity index (χ0v) is 18.1. The highest BCUT2D eigenvalue weighted by atomic mass is 32.2. The van der Waals surface area contributed by atoms with Crippen LogP contribution in [0.2, 0.25) is 0 Å². The van der Waals surface area contributed by atoms with Crippen LogP contribution < -0.4 is 0 Å². The Morgan fingerprint density at radius 3 is 2.25 bits per heavy atom. The van der Waals surface area contributed by atoms with Gasteiger partial charge in [0.05, 0.1) is 11.4 Å². The Kier molecular flexibility index (Phi) is 6.78. The lowest BCUT2D eigenvalue weighted by Crippen LogP contribution is -2.61. The average Bonchev–Trinajstić information content (AvgIpc) is 2.68. The van der Waals surface area contributed by atoms with E-state index in [9.17, 15) is 13.2 Å². The molecule has 0 unspecified atom stereocenters. The van der Waals surface area contributed by atoms with Crippen LogP contribution in [-0.2, 0) is 14.8 Å². The Bertz CT molecular complexity index is 771. The van der Waals surface area contributed by atoms with E-state index in [0.29, 0.717) is 31.0 Å². The normalized spacial score (nSPS) is 22.6. The third kappa shape index (κ3) is 4.58. The van der Waals surface area contributed by atoms with Gasteiger partial charge in [0.1, 0.15) is 6.17 Å². The molecule has 1 amide bonds. The van der Waals surface area contributed by atoms with E-state index in [0.717, 1.165) is 31.5 Å². The van der Waals surface area contributed by atoms with Crippen LogP contribution in [0.15, 0.2) is 29.2 Å². The molecule has 156 valence electrons. The second-order valence-corrected chi connectivity index (χ2v) is 10.3. The summed E-state index contributed by atoms with van der Waals surface area (Å²) in [7, 11) is -3.65. The number of nitrogens with zero attached hydrogens (tertiary/aromatic N) is 3. The fourth-order valence-electron chi connectivity index (χ4n) is 4.29. The van der Waals surface area contributed by atoms with Crippen LogP contribution in [0.1, 0.15) is 45.1 Å². The van der Waals surface area contributed by atoms with Crippen LogP contribution in [-0.4, -0.2) is 67.3 Å². The molecule has 0 aromatic heterocycles. The van der Waals surface area contributed by atoms with E-state index in [1.165, 1.54) is 6.42 Å². The summed E-state index contributed by atoms with van der Waals surface area (Å²) in [6, 6.07) is 6.97. The van der Waals surface area contributed by atoms with Gasteiger partial charge in [-0.2, -0.15) is 4.31 Å². The SMILES string of the molecule is Cc1ccc(S(=O)(=O)N2CCCN(C(=O)CN3CCCCC3)[C@@H]2C(C)C)cc1. The largest absolute Gasteiger partial charge is 0.325 e. The van der Waals surface area contributed by atoms with E-state index in [4.69, 9.17) is 0 Å². The van der Waals surface area contributed by atoms with Crippen LogP contribution in [0.4, 0.5) is 0 Å². The highest BCUT2D eigenvalue weighted by Gasteiger charge is 2.41. The molecule has 1 aromatic carbocycles. The summed E-state index contributed by atoms with van der Waals surface area (Å²) in [5.41, 5.74) is 1.02. The van der Waals surface area contributed by atoms with Crippen LogP contribution in [0.5, 0.6) is 0 Å². The standard InChI is InChI=1S/C21H33N3O3S/c1-17(2)21-23(20(25)16-22-12-5-4-6-13-22)14-7-15-24(21)28(26,27)19-10-8-18(3)9-11-19/h8-11,17,21H,4-7,12-16H2,1-3H3/t21-/m0/s1. The molecule has 2 aliphatic heterocycles. The Balaban J connectivity index is 1.83. The van der Waals surface area contributed by atoms with Crippen molar-refractivity contribution < 1.29 is 13.2 Å². The summed E-state index contributed by atoms with van der Waals surface area (Å²) in [5.74, 6) is 0.0650. The number of amides is 1. The van der Waals surface area contributed by atoms with Crippen molar-refractivity contribution in [3.63, 3.8) is 0 Å². The Morgan fingerprint density at radius 2 is 1.64 bits per heavy atom. The molecule has 1 aromatic rings. The first-order chi connectivity index (χ1) is 13.3. The van der Waals surface area contributed by atoms with Crippen LogP contribution in [0, 0.1) is 12.8 Å². The Hall–Kier alpha value is -1.44. The first kappa shape index (κ1) is 21.3. The summed E-state index contributed by atoms with van der Waals surface area (Å²) >= 11 is 0. The number of carbonyl (C=O) groups is 1. The molecule has 0 aliphatic carbocycles. The number of benzene rings is 1.